The van der Waals surface area contributed by atoms with E-state index in [-0.39, 0.29) is 5.92 Å². The van der Waals surface area contributed by atoms with E-state index >= 15 is 0 Å². The summed E-state index contributed by atoms with van der Waals surface area (Å²) in [4.78, 5) is 17.3. The minimum absolute atomic E-state index is 0.173. The fraction of sp³-hybridized carbons (Fsp3) is 0.667. The number of benzene rings is 1. The summed E-state index contributed by atoms with van der Waals surface area (Å²) in [5.74, 6) is 0.506. The molecule has 3 rings (SSSR count). The largest absolute Gasteiger partial charge is 0.381 e. The lowest BCUT2D eigenvalue weighted by molar-refractivity contribution is -0.140. The van der Waals surface area contributed by atoms with Crippen molar-refractivity contribution in [3.05, 3.63) is 35.9 Å². The maximum Gasteiger partial charge on any atom is 0.225 e. The lowest BCUT2D eigenvalue weighted by Gasteiger charge is -2.39. The van der Waals surface area contributed by atoms with Gasteiger partial charge in [-0.1, -0.05) is 30.3 Å². The number of likely N-dealkylation sites (N-methyl/N-ethyl adjacent to an activating group) is 1. The molecule has 2 aliphatic rings. The Bertz CT molecular complexity index is 528. The van der Waals surface area contributed by atoms with Crippen LogP contribution in [0.1, 0.15) is 37.7 Å². The predicted octanol–water partition coefficient (Wildman–Crippen LogP) is 2.97. The van der Waals surface area contributed by atoms with Gasteiger partial charge < -0.3 is 14.5 Å². The number of carbonyl (C=O) groups is 1. The van der Waals surface area contributed by atoms with E-state index < -0.39 is 0 Å². The molecule has 2 aliphatic heterocycles. The van der Waals surface area contributed by atoms with Gasteiger partial charge in [-0.05, 0) is 57.2 Å². The zero-order valence-corrected chi connectivity index (χ0v) is 15.5. The Hall–Kier alpha value is -1.39. The van der Waals surface area contributed by atoms with Crippen molar-refractivity contribution in [2.24, 2.45) is 5.92 Å². The fourth-order valence-corrected chi connectivity index (χ4v) is 4.11. The number of piperidine rings is 1. The van der Waals surface area contributed by atoms with Gasteiger partial charge in [-0.25, -0.2) is 0 Å². The van der Waals surface area contributed by atoms with Gasteiger partial charge in [-0.3, -0.25) is 4.79 Å². The Labute approximate surface area is 152 Å². The molecular formula is C21H32N2O2. The quantitative estimate of drug-likeness (QED) is 0.795. The van der Waals surface area contributed by atoms with Gasteiger partial charge in [-0.2, -0.15) is 0 Å². The minimum atomic E-state index is 0.173. The number of carbonyl (C=O) groups excluding carboxylic acids is 1. The van der Waals surface area contributed by atoms with Gasteiger partial charge in [0.1, 0.15) is 0 Å². The predicted molar refractivity (Wildman–Crippen MR) is 101 cm³/mol. The van der Waals surface area contributed by atoms with Crippen molar-refractivity contribution in [1.29, 1.82) is 0 Å². The second kappa shape index (κ2) is 9.35. The summed E-state index contributed by atoms with van der Waals surface area (Å²) in [5, 5.41) is 0. The molecule has 0 radical (unpaired) electrons. The summed E-state index contributed by atoms with van der Waals surface area (Å²) in [6.07, 6.45) is 6.43. The maximum absolute atomic E-state index is 12.8. The average molecular weight is 344 g/mol. The SMILES string of the molecule is CN(C(=O)C1CCOCC1)[C@@H]1CCCN(CCCc2ccccc2)C1. The molecule has 0 N–H and O–H groups in total. The van der Waals surface area contributed by atoms with E-state index in [1.54, 1.807) is 0 Å². The summed E-state index contributed by atoms with van der Waals surface area (Å²) < 4.78 is 5.39. The molecule has 1 aromatic rings. The van der Waals surface area contributed by atoms with E-state index in [9.17, 15) is 4.79 Å². The van der Waals surface area contributed by atoms with E-state index in [0.717, 1.165) is 52.0 Å². The fourth-order valence-electron chi connectivity index (χ4n) is 4.11. The third kappa shape index (κ3) is 5.29. The third-order valence-corrected chi connectivity index (χ3v) is 5.73. The molecule has 0 unspecified atom stereocenters. The van der Waals surface area contributed by atoms with Crippen LogP contribution in [0, 0.1) is 5.92 Å². The van der Waals surface area contributed by atoms with Crippen LogP contribution in [0.3, 0.4) is 0 Å². The summed E-state index contributed by atoms with van der Waals surface area (Å²) >= 11 is 0. The smallest absolute Gasteiger partial charge is 0.225 e. The van der Waals surface area contributed by atoms with Crippen LogP contribution >= 0.6 is 0 Å². The molecular weight excluding hydrogens is 312 g/mol. The second-order valence-electron chi connectivity index (χ2n) is 7.52. The number of rotatable bonds is 6. The van der Waals surface area contributed by atoms with Crippen molar-refractivity contribution >= 4 is 5.91 Å². The first kappa shape index (κ1) is 18.4. The van der Waals surface area contributed by atoms with Gasteiger partial charge in [-0.15, -0.1) is 0 Å². The van der Waals surface area contributed by atoms with Crippen LogP contribution < -0.4 is 0 Å². The average Bonchev–Trinajstić information content (AvgIpc) is 2.68. The molecule has 1 aromatic carbocycles. The highest BCUT2D eigenvalue weighted by atomic mass is 16.5. The molecule has 0 aromatic heterocycles. The zero-order valence-electron chi connectivity index (χ0n) is 15.5. The number of amides is 1. The molecule has 4 nitrogen and oxygen atoms in total. The van der Waals surface area contributed by atoms with Gasteiger partial charge in [0.2, 0.25) is 5.91 Å². The van der Waals surface area contributed by atoms with Gasteiger partial charge in [0, 0.05) is 38.8 Å². The molecule has 2 saturated heterocycles. The van der Waals surface area contributed by atoms with Crippen LogP contribution in [0.4, 0.5) is 0 Å². The van der Waals surface area contributed by atoms with Gasteiger partial charge in [0.15, 0.2) is 0 Å². The first-order chi connectivity index (χ1) is 12.2. The van der Waals surface area contributed by atoms with E-state index in [1.165, 1.54) is 24.9 Å². The first-order valence-corrected chi connectivity index (χ1v) is 9.85. The standard InChI is InChI=1S/C21H32N2O2/c1-22(21(24)19-11-15-25-16-12-19)20-10-6-14-23(17-20)13-5-9-18-7-3-2-4-8-18/h2-4,7-8,19-20H,5-6,9-17H2,1H3/t20-/m1/s1. The molecule has 0 aliphatic carbocycles. The highest BCUT2D eigenvalue weighted by Gasteiger charge is 2.30. The zero-order chi connectivity index (χ0) is 17.5. The number of hydrogen-bond donors (Lipinski definition) is 0. The van der Waals surface area contributed by atoms with E-state index in [4.69, 9.17) is 4.74 Å². The summed E-state index contributed by atoms with van der Waals surface area (Å²) in [6.45, 7) is 4.80. The third-order valence-electron chi connectivity index (χ3n) is 5.73. The molecule has 1 atom stereocenters. The van der Waals surface area contributed by atoms with E-state index in [1.807, 2.05) is 11.9 Å². The topological polar surface area (TPSA) is 32.8 Å². The second-order valence-corrected chi connectivity index (χ2v) is 7.52. The Balaban J connectivity index is 1.44. The van der Waals surface area contributed by atoms with Crippen LogP contribution in [-0.4, -0.2) is 61.6 Å². The molecule has 0 saturated carbocycles. The van der Waals surface area contributed by atoms with Crippen LogP contribution in [0.5, 0.6) is 0 Å². The minimum Gasteiger partial charge on any atom is -0.381 e. The van der Waals surface area contributed by atoms with Gasteiger partial charge in [0.25, 0.3) is 0 Å². The number of ether oxygens (including phenoxy) is 1. The van der Waals surface area contributed by atoms with Gasteiger partial charge in [0.05, 0.1) is 0 Å². The van der Waals surface area contributed by atoms with Crippen molar-refractivity contribution in [1.82, 2.24) is 9.80 Å². The highest BCUT2D eigenvalue weighted by molar-refractivity contribution is 5.79. The van der Waals surface area contributed by atoms with Crippen molar-refractivity contribution in [3.63, 3.8) is 0 Å². The van der Waals surface area contributed by atoms with Crippen LogP contribution in [0.15, 0.2) is 30.3 Å². The molecule has 0 bridgehead atoms. The van der Waals surface area contributed by atoms with E-state index in [0.29, 0.717) is 11.9 Å². The Morgan fingerprint density at radius 1 is 1.20 bits per heavy atom. The normalized spacial score (nSPS) is 22.7. The highest BCUT2D eigenvalue weighted by Crippen LogP contribution is 2.22. The number of likely N-dealkylation sites (tertiary alicyclic amines) is 1. The molecule has 138 valence electrons. The number of nitrogens with zero attached hydrogens (tertiary/aromatic N) is 2. The maximum atomic E-state index is 12.8. The van der Waals surface area contributed by atoms with E-state index in [2.05, 4.69) is 35.2 Å². The van der Waals surface area contributed by atoms with Crippen molar-refractivity contribution < 1.29 is 9.53 Å². The summed E-state index contributed by atoms with van der Waals surface area (Å²) in [6, 6.07) is 11.1. The molecule has 25 heavy (non-hydrogen) atoms. The van der Waals surface area contributed by atoms with Crippen molar-refractivity contribution in [3.8, 4) is 0 Å². The molecule has 2 fully saturated rings. The lowest BCUT2D eigenvalue weighted by atomic mass is 9.96. The Morgan fingerprint density at radius 3 is 2.72 bits per heavy atom. The molecule has 2 heterocycles. The molecule has 1 amide bonds. The summed E-state index contributed by atoms with van der Waals surface area (Å²) in [5.41, 5.74) is 1.42. The lowest BCUT2D eigenvalue weighted by Crippen LogP contribution is -2.50. The van der Waals surface area contributed by atoms with Crippen molar-refractivity contribution in [2.45, 2.75) is 44.6 Å². The monoisotopic (exact) mass is 344 g/mol. The Kier molecular flexibility index (Phi) is 6.88. The summed E-state index contributed by atoms with van der Waals surface area (Å²) in [7, 11) is 2.01. The molecule has 4 heteroatoms. The first-order valence-electron chi connectivity index (χ1n) is 9.85. The number of hydrogen-bond acceptors (Lipinski definition) is 3. The van der Waals surface area contributed by atoms with Gasteiger partial charge >= 0.3 is 0 Å². The van der Waals surface area contributed by atoms with Crippen LogP contribution in [0.25, 0.3) is 0 Å². The molecule has 0 spiro atoms. The van der Waals surface area contributed by atoms with Crippen LogP contribution in [0.2, 0.25) is 0 Å². The van der Waals surface area contributed by atoms with Crippen LogP contribution in [-0.2, 0) is 16.0 Å². The number of aryl methyl sites for hydroxylation is 1. The Morgan fingerprint density at radius 2 is 1.96 bits per heavy atom. The van der Waals surface area contributed by atoms with Crippen molar-refractivity contribution in [2.75, 3.05) is 39.9 Å².